The molecule has 0 spiro atoms. The Bertz CT molecular complexity index is 522. The minimum atomic E-state index is -0.282. The molecule has 1 aromatic heterocycles. The van der Waals surface area contributed by atoms with E-state index >= 15 is 0 Å². The summed E-state index contributed by atoms with van der Waals surface area (Å²) in [4.78, 5) is 12.0. The Kier molecular flexibility index (Phi) is 5.91. The largest absolute Gasteiger partial charge is 0.308 e. The standard InChI is InChI=1S/C16H25N5S3/c1-2-18-15(19-3-1)16(21-6-8-22-9-7-21)14(17-4-5-20-16)13-12-23-10-11-24-13/h1-3,13-14,17,20H,4-12H2. The maximum absolute atomic E-state index is 4.72. The van der Waals surface area contributed by atoms with Crippen LogP contribution in [0.3, 0.4) is 0 Å². The first-order chi connectivity index (χ1) is 11.9. The van der Waals surface area contributed by atoms with E-state index in [0.717, 1.165) is 32.0 Å². The van der Waals surface area contributed by atoms with Gasteiger partial charge in [0.1, 0.15) is 5.66 Å². The lowest BCUT2D eigenvalue weighted by atomic mass is 9.91. The van der Waals surface area contributed by atoms with Gasteiger partial charge >= 0.3 is 0 Å². The SMILES string of the molecule is c1cnc(C2(N3CCSCC3)NCCNC2C2CSCCS2)nc1. The average Bonchev–Trinajstić information content (AvgIpc) is 2.70. The summed E-state index contributed by atoms with van der Waals surface area (Å²) in [5, 5.41) is 8.32. The molecule has 3 atom stereocenters. The van der Waals surface area contributed by atoms with Crippen LogP contribution < -0.4 is 10.6 Å². The summed E-state index contributed by atoms with van der Waals surface area (Å²) in [5.74, 6) is 7.04. The molecule has 3 saturated heterocycles. The van der Waals surface area contributed by atoms with E-state index in [1.807, 2.05) is 18.5 Å². The van der Waals surface area contributed by atoms with Gasteiger partial charge in [0, 0.05) is 72.6 Å². The van der Waals surface area contributed by atoms with E-state index in [4.69, 9.17) is 9.97 Å². The number of nitrogens with zero attached hydrogens (tertiary/aromatic N) is 3. The minimum Gasteiger partial charge on any atom is -0.308 e. The average molecular weight is 384 g/mol. The van der Waals surface area contributed by atoms with Gasteiger partial charge < -0.3 is 5.32 Å². The van der Waals surface area contributed by atoms with Crippen LogP contribution in [0.25, 0.3) is 0 Å². The first-order valence-electron chi connectivity index (χ1n) is 8.69. The normalized spacial score (nSPS) is 35.7. The van der Waals surface area contributed by atoms with Gasteiger partial charge in [-0.3, -0.25) is 10.2 Å². The highest BCUT2D eigenvalue weighted by Gasteiger charge is 2.52. The molecule has 24 heavy (non-hydrogen) atoms. The van der Waals surface area contributed by atoms with Crippen molar-refractivity contribution < 1.29 is 0 Å². The van der Waals surface area contributed by atoms with Crippen LogP contribution in [0.5, 0.6) is 0 Å². The van der Waals surface area contributed by atoms with E-state index in [0.29, 0.717) is 11.3 Å². The predicted octanol–water partition coefficient (Wildman–Crippen LogP) is 1.09. The Morgan fingerprint density at radius 1 is 1.04 bits per heavy atom. The van der Waals surface area contributed by atoms with Crippen molar-refractivity contribution in [1.82, 2.24) is 25.5 Å². The van der Waals surface area contributed by atoms with Crippen molar-refractivity contribution in [2.75, 3.05) is 54.9 Å². The third-order valence-electron chi connectivity index (χ3n) is 4.96. The van der Waals surface area contributed by atoms with Gasteiger partial charge in [-0.2, -0.15) is 35.3 Å². The zero-order valence-corrected chi connectivity index (χ0v) is 16.3. The van der Waals surface area contributed by atoms with Gasteiger partial charge in [0.15, 0.2) is 5.82 Å². The molecule has 3 aliphatic rings. The molecule has 0 saturated carbocycles. The third-order valence-corrected chi connectivity index (χ3v) is 8.77. The fourth-order valence-corrected chi connectivity index (χ4v) is 7.73. The van der Waals surface area contributed by atoms with Crippen LogP contribution in [0.4, 0.5) is 0 Å². The van der Waals surface area contributed by atoms with E-state index < -0.39 is 0 Å². The Morgan fingerprint density at radius 2 is 1.88 bits per heavy atom. The van der Waals surface area contributed by atoms with Gasteiger partial charge in [-0.05, 0) is 6.07 Å². The number of thioether (sulfide) groups is 3. The Labute approximate surface area is 156 Å². The molecule has 0 aliphatic carbocycles. The van der Waals surface area contributed by atoms with Crippen molar-refractivity contribution in [2.24, 2.45) is 0 Å². The topological polar surface area (TPSA) is 53.1 Å². The summed E-state index contributed by atoms with van der Waals surface area (Å²) in [6.45, 7) is 4.17. The van der Waals surface area contributed by atoms with Crippen molar-refractivity contribution in [3.05, 3.63) is 24.3 Å². The molecule has 0 aromatic carbocycles. The number of hydrogen-bond acceptors (Lipinski definition) is 8. The van der Waals surface area contributed by atoms with Crippen LogP contribution in [0.15, 0.2) is 18.5 Å². The molecule has 5 nitrogen and oxygen atoms in total. The molecule has 2 N–H and O–H groups in total. The Morgan fingerprint density at radius 3 is 2.62 bits per heavy atom. The lowest BCUT2D eigenvalue weighted by molar-refractivity contribution is -0.00113. The van der Waals surface area contributed by atoms with E-state index in [2.05, 4.69) is 50.8 Å². The Balaban J connectivity index is 1.73. The highest BCUT2D eigenvalue weighted by Crippen LogP contribution is 2.38. The van der Waals surface area contributed by atoms with Gasteiger partial charge in [-0.25, -0.2) is 9.97 Å². The van der Waals surface area contributed by atoms with Gasteiger partial charge in [-0.1, -0.05) is 0 Å². The van der Waals surface area contributed by atoms with Crippen molar-refractivity contribution in [1.29, 1.82) is 0 Å². The quantitative estimate of drug-likeness (QED) is 0.805. The first kappa shape index (κ1) is 17.4. The molecule has 3 aliphatic heterocycles. The van der Waals surface area contributed by atoms with Crippen LogP contribution >= 0.6 is 35.3 Å². The summed E-state index contributed by atoms with van der Waals surface area (Å²) >= 11 is 6.26. The van der Waals surface area contributed by atoms with E-state index in [1.54, 1.807) is 0 Å². The number of hydrogen-bond donors (Lipinski definition) is 2. The maximum atomic E-state index is 4.72. The second-order valence-corrected chi connectivity index (χ2v) is 10.0. The predicted molar refractivity (Wildman–Crippen MR) is 106 cm³/mol. The van der Waals surface area contributed by atoms with Crippen LogP contribution in [-0.4, -0.2) is 81.1 Å². The van der Waals surface area contributed by atoms with Gasteiger partial charge in [-0.15, -0.1) is 0 Å². The van der Waals surface area contributed by atoms with Crippen molar-refractivity contribution >= 4 is 35.3 Å². The summed E-state index contributed by atoms with van der Waals surface area (Å²) in [6.07, 6.45) is 3.78. The second kappa shape index (κ2) is 8.14. The smallest absolute Gasteiger partial charge is 0.165 e. The molecule has 132 valence electrons. The third kappa shape index (κ3) is 3.33. The molecule has 1 aromatic rings. The molecule has 8 heteroatoms. The van der Waals surface area contributed by atoms with E-state index in [1.165, 1.54) is 28.8 Å². The zero-order valence-electron chi connectivity index (χ0n) is 13.8. The molecular formula is C16H25N5S3. The second-order valence-electron chi connectivity index (χ2n) is 6.28. The monoisotopic (exact) mass is 383 g/mol. The van der Waals surface area contributed by atoms with Crippen LogP contribution in [-0.2, 0) is 5.66 Å². The van der Waals surface area contributed by atoms with E-state index in [-0.39, 0.29) is 5.66 Å². The fraction of sp³-hybridized carbons (Fsp3) is 0.750. The zero-order chi connectivity index (χ0) is 16.2. The maximum Gasteiger partial charge on any atom is 0.165 e. The molecular weight excluding hydrogens is 358 g/mol. The number of piperazine rings is 1. The van der Waals surface area contributed by atoms with Crippen LogP contribution in [0, 0.1) is 0 Å². The van der Waals surface area contributed by atoms with Gasteiger partial charge in [0.2, 0.25) is 0 Å². The summed E-state index contributed by atoms with van der Waals surface area (Å²) in [7, 11) is 0. The molecule has 3 fully saturated rings. The molecule has 0 bridgehead atoms. The summed E-state index contributed by atoms with van der Waals surface area (Å²) in [6, 6.07) is 2.26. The minimum absolute atomic E-state index is 0.282. The lowest BCUT2D eigenvalue weighted by Crippen LogP contribution is -2.75. The van der Waals surface area contributed by atoms with Crippen molar-refractivity contribution in [3.8, 4) is 0 Å². The summed E-state index contributed by atoms with van der Waals surface area (Å²) in [5.41, 5.74) is -0.282. The molecule has 4 rings (SSSR count). The van der Waals surface area contributed by atoms with Crippen LogP contribution in [0.1, 0.15) is 5.82 Å². The van der Waals surface area contributed by atoms with E-state index in [9.17, 15) is 0 Å². The number of aromatic nitrogens is 2. The molecule has 4 heterocycles. The molecule has 3 unspecified atom stereocenters. The first-order valence-corrected chi connectivity index (χ1v) is 12.0. The molecule has 0 radical (unpaired) electrons. The highest BCUT2D eigenvalue weighted by atomic mass is 32.2. The number of rotatable bonds is 3. The molecule has 0 amide bonds. The lowest BCUT2D eigenvalue weighted by Gasteiger charge is -2.54. The van der Waals surface area contributed by atoms with Crippen LogP contribution in [0.2, 0.25) is 0 Å². The fourth-order valence-electron chi connectivity index (χ4n) is 3.92. The highest BCUT2D eigenvalue weighted by molar-refractivity contribution is 8.06. The Hall–Kier alpha value is 0.01000. The van der Waals surface area contributed by atoms with Gasteiger partial charge in [0.25, 0.3) is 0 Å². The number of nitrogens with one attached hydrogen (secondary N) is 2. The van der Waals surface area contributed by atoms with Gasteiger partial charge in [0.05, 0.1) is 6.04 Å². The van der Waals surface area contributed by atoms with Crippen molar-refractivity contribution in [2.45, 2.75) is 17.0 Å². The van der Waals surface area contributed by atoms with Crippen molar-refractivity contribution in [3.63, 3.8) is 0 Å². The summed E-state index contributed by atoms with van der Waals surface area (Å²) < 4.78 is 0.